The first-order valence-corrected chi connectivity index (χ1v) is 12.3. The zero-order valence-electron chi connectivity index (χ0n) is 20.5. The molecule has 4 rings (SSSR count). The first-order chi connectivity index (χ1) is 17.7. The Balaban J connectivity index is 1.60. The van der Waals surface area contributed by atoms with Gasteiger partial charge in [-0.2, -0.15) is 0 Å². The maximum atomic E-state index is 13.8. The smallest absolute Gasteiger partial charge is 0.407 e. The van der Waals surface area contributed by atoms with E-state index in [-0.39, 0.29) is 12.0 Å². The molecule has 3 aromatic carbocycles. The molecule has 3 aromatic rings. The molecule has 1 fully saturated rings. The standard InChI is InChI=1S/C29H33N3O4/c1-35-29(34)32-27(26(22-11-4-2-5-12-22)23-13-6-3-7-14-23)28(33)31-25-15-9-8-10-21(25)16-17-24-20-30-18-19-36-24/h2-15,24,26-27,30H,16-20H2,1H3,(H,31,33)(H,32,34)/t24-,27?/m1/s1. The van der Waals surface area contributed by atoms with Gasteiger partial charge in [0, 0.05) is 24.7 Å². The van der Waals surface area contributed by atoms with Crippen LogP contribution in [-0.4, -0.2) is 51.0 Å². The van der Waals surface area contributed by atoms with Crippen LogP contribution in [0.3, 0.4) is 0 Å². The average molecular weight is 488 g/mol. The third-order valence-corrected chi connectivity index (χ3v) is 6.41. The highest BCUT2D eigenvalue weighted by atomic mass is 16.5. The van der Waals surface area contributed by atoms with Crippen LogP contribution in [0.2, 0.25) is 0 Å². The average Bonchev–Trinajstić information content (AvgIpc) is 2.94. The fraction of sp³-hybridized carbons (Fsp3) is 0.310. The highest BCUT2D eigenvalue weighted by Gasteiger charge is 2.33. The number of ether oxygens (including phenoxy) is 2. The minimum absolute atomic E-state index is 0.150. The molecular formula is C29H33N3O4. The van der Waals surface area contributed by atoms with Crippen molar-refractivity contribution in [2.45, 2.75) is 30.9 Å². The van der Waals surface area contributed by atoms with Crippen LogP contribution in [0.4, 0.5) is 10.5 Å². The van der Waals surface area contributed by atoms with E-state index >= 15 is 0 Å². The number of alkyl carbamates (subject to hydrolysis) is 1. The highest BCUT2D eigenvalue weighted by molar-refractivity contribution is 5.98. The molecule has 188 valence electrons. The van der Waals surface area contributed by atoms with Crippen molar-refractivity contribution in [1.82, 2.24) is 10.6 Å². The molecule has 2 amide bonds. The van der Waals surface area contributed by atoms with E-state index in [1.165, 1.54) is 7.11 Å². The van der Waals surface area contributed by atoms with Crippen molar-refractivity contribution in [2.24, 2.45) is 0 Å². The number of aryl methyl sites for hydroxylation is 1. The number of morpholine rings is 1. The van der Waals surface area contributed by atoms with Gasteiger partial charge in [-0.25, -0.2) is 4.79 Å². The van der Waals surface area contributed by atoms with E-state index in [0.717, 1.165) is 48.3 Å². The molecule has 7 heteroatoms. The van der Waals surface area contributed by atoms with Crippen LogP contribution >= 0.6 is 0 Å². The summed E-state index contributed by atoms with van der Waals surface area (Å²) in [5, 5.41) is 9.22. The number of para-hydroxylation sites is 1. The van der Waals surface area contributed by atoms with E-state index in [9.17, 15) is 9.59 Å². The van der Waals surface area contributed by atoms with Crippen molar-refractivity contribution in [3.63, 3.8) is 0 Å². The molecule has 1 aliphatic rings. The summed E-state index contributed by atoms with van der Waals surface area (Å²) in [7, 11) is 1.29. The Morgan fingerprint density at radius 3 is 2.22 bits per heavy atom. The molecule has 1 heterocycles. The predicted molar refractivity (Wildman–Crippen MR) is 140 cm³/mol. The number of anilines is 1. The molecule has 0 bridgehead atoms. The summed E-state index contributed by atoms with van der Waals surface area (Å²) < 4.78 is 10.7. The van der Waals surface area contributed by atoms with Crippen LogP contribution < -0.4 is 16.0 Å². The van der Waals surface area contributed by atoms with Gasteiger partial charge in [0.1, 0.15) is 6.04 Å². The quantitative estimate of drug-likeness (QED) is 0.423. The molecule has 0 radical (unpaired) electrons. The molecule has 1 saturated heterocycles. The Bertz CT molecular complexity index is 1080. The van der Waals surface area contributed by atoms with E-state index in [2.05, 4.69) is 16.0 Å². The number of hydrogen-bond acceptors (Lipinski definition) is 5. The van der Waals surface area contributed by atoms with Crippen LogP contribution in [-0.2, 0) is 20.7 Å². The normalized spacial score (nSPS) is 16.2. The fourth-order valence-electron chi connectivity index (χ4n) is 4.58. The van der Waals surface area contributed by atoms with Gasteiger partial charge >= 0.3 is 6.09 Å². The predicted octanol–water partition coefficient (Wildman–Crippen LogP) is 4.10. The van der Waals surface area contributed by atoms with Gasteiger partial charge in [0.25, 0.3) is 0 Å². The van der Waals surface area contributed by atoms with Gasteiger partial charge in [-0.1, -0.05) is 78.9 Å². The van der Waals surface area contributed by atoms with Gasteiger partial charge in [0.15, 0.2) is 0 Å². The second-order valence-corrected chi connectivity index (χ2v) is 8.79. The van der Waals surface area contributed by atoms with Crippen LogP contribution in [0.5, 0.6) is 0 Å². The summed E-state index contributed by atoms with van der Waals surface area (Å²) in [5.74, 6) is -0.735. The third kappa shape index (κ3) is 6.71. The summed E-state index contributed by atoms with van der Waals surface area (Å²) in [6.45, 7) is 2.42. The van der Waals surface area contributed by atoms with Gasteiger partial charge in [-0.3, -0.25) is 4.79 Å². The van der Waals surface area contributed by atoms with Crippen molar-refractivity contribution in [3.8, 4) is 0 Å². The summed E-state index contributed by atoms with van der Waals surface area (Å²) in [6, 6.07) is 26.3. The topological polar surface area (TPSA) is 88.7 Å². The second kappa shape index (κ2) is 12.9. The van der Waals surface area contributed by atoms with Crippen molar-refractivity contribution < 1.29 is 19.1 Å². The Morgan fingerprint density at radius 1 is 0.972 bits per heavy atom. The van der Waals surface area contributed by atoms with E-state index in [1.807, 2.05) is 84.9 Å². The minimum Gasteiger partial charge on any atom is -0.453 e. The lowest BCUT2D eigenvalue weighted by Gasteiger charge is -2.28. The maximum Gasteiger partial charge on any atom is 0.407 e. The molecule has 3 N–H and O–H groups in total. The molecule has 0 aliphatic carbocycles. The fourth-order valence-corrected chi connectivity index (χ4v) is 4.58. The van der Waals surface area contributed by atoms with Crippen LogP contribution in [0.25, 0.3) is 0 Å². The van der Waals surface area contributed by atoms with E-state index in [1.54, 1.807) is 0 Å². The van der Waals surface area contributed by atoms with Crippen molar-refractivity contribution in [2.75, 3.05) is 32.1 Å². The molecule has 36 heavy (non-hydrogen) atoms. The molecule has 1 unspecified atom stereocenters. The lowest BCUT2D eigenvalue weighted by atomic mass is 9.84. The SMILES string of the molecule is COC(=O)NC(C(=O)Nc1ccccc1CC[C@@H]1CNCCO1)C(c1ccccc1)c1ccccc1. The highest BCUT2D eigenvalue weighted by Crippen LogP contribution is 2.29. The van der Waals surface area contributed by atoms with Crippen molar-refractivity contribution in [3.05, 3.63) is 102 Å². The lowest BCUT2D eigenvalue weighted by Crippen LogP contribution is -2.48. The molecule has 7 nitrogen and oxygen atoms in total. The van der Waals surface area contributed by atoms with Gasteiger partial charge in [-0.15, -0.1) is 0 Å². The van der Waals surface area contributed by atoms with Crippen molar-refractivity contribution in [1.29, 1.82) is 0 Å². The van der Waals surface area contributed by atoms with Gasteiger partial charge in [0.2, 0.25) is 5.91 Å². The zero-order valence-corrected chi connectivity index (χ0v) is 20.5. The van der Waals surface area contributed by atoms with Gasteiger partial charge in [-0.05, 0) is 35.6 Å². The minimum atomic E-state index is -0.902. The third-order valence-electron chi connectivity index (χ3n) is 6.41. The number of nitrogens with one attached hydrogen (secondary N) is 3. The van der Waals surface area contributed by atoms with Gasteiger partial charge in [0.05, 0.1) is 19.8 Å². The first kappa shape index (κ1) is 25.4. The Hall–Kier alpha value is -3.68. The summed E-state index contributed by atoms with van der Waals surface area (Å²) in [4.78, 5) is 26.2. The Labute approximate surface area is 212 Å². The molecule has 0 saturated carbocycles. The van der Waals surface area contributed by atoms with E-state index < -0.39 is 18.1 Å². The lowest BCUT2D eigenvalue weighted by molar-refractivity contribution is -0.118. The van der Waals surface area contributed by atoms with E-state index in [0.29, 0.717) is 6.61 Å². The summed E-state index contributed by atoms with van der Waals surface area (Å²) in [5.41, 5.74) is 3.57. The number of benzene rings is 3. The molecule has 0 aromatic heterocycles. The van der Waals surface area contributed by atoms with Crippen LogP contribution in [0, 0.1) is 0 Å². The zero-order chi connectivity index (χ0) is 25.2. The molecular weight excluding hydrogens is 454 g/mol. The number of carbonyl (C=O) groups excluding carboxylic acids is 2. The monoisotopic (exact) mass is 487 g/mol. The summed E-state index contributed by atoms with van der Waals surface area (Å²) >= 11 is 0. The van der Waals surface area contributed by atoms with Crippen LogP contribution in [0.1, 0.15) is 29.0 Å². The maximum absolute atomic E-state index is 13.8. The summed E-state index contributed by atoms with van der Waals surface area (Å²) in [6.07, 6.45) is 1.10. The second-order valence-electron chi connectivity index (χ2n) is 8.79. The number of hydrogen-bond donors (Lipinski definition) is 3. The number of amides is 2. The molecule has 1 aliphatic heterocycles. The Kier molecular flexibility index (Phi) is 9.08. The molecule has 2 atom stereocenters. The number of carbonyl (C=O) groups is 2. The van der Waals surface area contributed by atoms with Crippen LogP contribution in [0.15, 0.2) is 84.9 Å². The number of rotatable bonds is 9. The molecule has 0 spiro atoms. The van der Waals surface area contributed by atoms with Crippen molar-refractivity contribution >= 4 is 17.7 Å². The largest absolute Gasteiger partial charge is 0.453 e. The number of methoxy groups -OCH3 is 1. The van der Waals surface area contributed by atoms with Gasteiger partial charge < -0.3 is 25.4 Å². The first-order valence-electron chi connectivity index (χ1n) is 12.3. The van der Waals surface area contributed by atoms with E-state index in [4.69, 9.17) is 9.47 Å². The Morgan fingerprint density at radius 2 is 1.61 bits per heavy atom.